The Labute approximate surface area is 131 Å². The lowest BCUT2D eigenvalue weighted by Crippen LogP contribution is -2.37. The molecule has 1 aromatic heterocycles. The van der Waals surface area contributed by atoms with E-state index in [0.29, 0.717) is 0 Å². The van der Waals surface area contributed by atoms with E-state index in [2.05, 4.69) is 10.4 Å². The summed E-state index contributed by atoms with van der Waals surface area (Å²) in [6, 6.07) is 5.74. The molecular formula is C16H16FN3O3. The summed E-state index contributed by atoms with van der Waals surface area (Å²) in [5, 5.41) is 15.7. The SMILES string of the molecule is O=C(O)C[C@@H](NC(=O)c1cnn(-c2ccccc2F)c1)C1CC1. The van der Waals surface area contributed by atoms with Crippen molar-refractivity contribution in [2.45, 2.75) is 25.3 Å². The van der Waals surface area contributed by atoms with E-state index in [1.165, 1.54) is 23.1 Å². The van der Waals surface area contributed by atoms with Gasteiger partial charge in [0.25, 0.3) is 5.91 Å². The average Bonchev–Trinajstić information content (AvgIpc) is 3.24. The number of amides is 1. The number of nitrogens with one attached hydrogen (secondary N) is 1. The molecule has 1 fully saturated rings. The van der Waals surface area contributed by atoms with Crippen LogP contribution in [-0.4, -0.2) is 32.8 Å². The predicted molar refractivity (Wildman–Crippen MR) is 79.8 cm³/mol. The number of hydrogen-bond donors (Lipinski definition) is 2. The first-order chi connectivity index (χ1) is 11.0. The summed E-state index contributed by atoms with van der Waals surface area (Å²) in [6.45, 7) is 0. The molecule has 1 aromatic carbocycles. The van der Waals surface area contributed by atoms with Crippen molar-refractivity contribution in [2.24, 2.45) is 5.92 Å². The highest BCUT2D eigenvalue weighted by molar-refractivity contribution is 5.94. The van der Waals surface area contributed by atoms with Gasteiger partial charge in [0.15, 0.2) is 0 Å². The first-order valence-electron chi connectivity index (χ1n) is 7.37. The molecule has 6 nitrogen and oxygen atoms in total. The molecule has 1 saturated carbocycles. The molecule has 1 amide bonds. The molecule has 0 spiro atoms. The summed E-state index contributed by atoms with van der Waals surface area (Å²) in [5.41, 5.74) is 0.514. The van der Waals surface area contributed by atoms with Crippen LogP contribution in [0.15, 0.2) is 36.7 Å². The lowest BCUT2D eigenvalue weighted by atomic mass is 10.1. The number of para-hydroxylation sites is 1. The first kappa shape index (κ1) is 15.2. The van der Waals surface area contributed by atoms with Gasteiger partial charge in [0, 0.05) is 12.2 Å². The number of nitrogens with zero attached hydrogens (tertiary/aromatic N) is 2. The van der Waals surface area contributed by atoms with Gasteiger partial charge in [-0.2, -0.15) is 5.10 Å². The fourth-order valence-electron chi connectivity index (χ4n) is 2.48. The maximum atomic E-state index is 13.7. The summed E-state index contributed by atoms with van der Waals surface area (Å²) >= 11 is 0. The third kappa shape index (κ3) is 3.56. The minimum absolute atomic E-state index is 0.0993. The lowest BCUT2D eigenvalue weighted by molar-refractivity contribution is -0.137. The quantitative estimate of drug-likeness (QED) is 0.853. The van der Waals surface area contributed by atoms with E-state index in [0.717, 1.165) is 12.8 Å². The van der Waals surface area contributed by atoms with Crippen LogP contribution in [0.4, 0.5) is 4.39 Å². The van der Waals surface area contributed by atoms with Crippen molar-refractivity contribution in [3.8, 4) is 5.69 Å². The van der Waals surface area contributed by atoms with Gasteiger partial charge in [-0.3, -0.25) is 9.59 Å². The van der Waals surface area contributed by atoms with Gasteiger partial charge in [-0.25, -0.2) is 9.07 Å². The molecule has 0 bridgehead atoms. The predicted octanol–water partition coefficient (Wildman–Crippen LogP) is 1.99. The van der Waals surface area contributed by atoms with Gasteiger partial charge in [-0.1, -0.05) is 12.1 Å². The number of carboxylic acid groups (broad SMARTS) is 1. The van der Waals surface area contributed by atoms with Crippen LogP contribution in [0, 0.1) is 11.7 Å². The number of benzene rings is 1. The standard InChI is InChI=1S/C16H16FN3O3/c17-12-3-1-2-4-14(12)20-9-11(8-18-20)16(23)19-13(7-15(21)22)10-5-6-10/h1-4,8-10,13H,5-7H2,(H,19,23)(H,21,22)/t13-/m1/s1. The number of halogens is 1. The lowest BCUT2D eigenvalue weighted by Gasteiger charge is -2.15. The third-order valence-corrected chi connectivity index (χ3v) is 3.85. The Bertz CT molecular complexity index is 740. The number of rotatable bonds is 6. The molecule has 0 aliphatic heterocycles. The first-order valence-corrected chi connectivity index (χ1v) is 7.37. The Morgan fingerprint density at radius 3 is 2.78 bits per heavy atom. The molecule has 3 rings (SSSR count). The molecule has 1 aliphatic carbocycles. The smallest absolute Gasteiger partial charge is 0.305 e. The highest BCUT2D eigenvalue weighted by atomic mass is 19.1. The second kappa shape index (κ2) is 6.20. The van der Waals surface area contributed by atoms with Crippen LogP contribution in [0.5, 0.6) is 0 Å². The highest BCUT2D eigenvalue weighted by Crippen LogP contribution is 2.34. The summed E-state index contributed by atoms with van der Waals surface area (Å²) in [5.74, 6) is -1.56. The minimum atomic E-state index is -0.941. The number of carbonyl (C=O) groups is 2. The molecular weight excluding hydrogens is 301 g/mol. The highest BCUT2D eigenvalue weighted by Gasteiger charge is 2.34. The maximum Gasteiger partial charge on any atom is 0.305 e. The Hall–Kier alpha value is -2.70. The van der Waals surface area contributed by atoms with Crippen LogP contribution in [0.1, 0.15) is 29.6 Å². The van der Waals surface area contributed by atoms with Crippen molar-refractivity contribution in [2.75, 3.05) is 0 Å². The third-order valence-electron chi connectivity index (χ3n) is 3.85. The molecule has 0 saturated heterocycles. The zero-order valence-electron chi connectivity index (χ0n) is 12.3. The van der Waals surface area contributed by atoms with Crippen LogP contribution in [0.2, 0.25) is 0 Å². The molecule has 2 N–H and O–H groups in total. The van der Waals surface area contributed by atoms with Crippen molar-refractivity contribution < 1.29 is 19.1 Å². The fraction of sp³-hybridized carbons (Fsp3) is 0.312. The van der Waals surface area contributed by atoms with Crippen LogP contribution in [-0.2, 0) is 4.79 Å². The van der Waals surface area contributed by atoms with Gasteiger partial charge in [0.05, 0.1) is 18.2 Å². The zero-order valence-corrected chi connectivity index (χ0v) is 12.3. The molecule has 1 aliphatic rings. The molecule has 120 valence electrons. The largest absolute Gasteiger partial charge is 0.481 e. The van der Waals surface area contributed by atoms with Gasteiger partial charge < -0.3 is 10.4 Å². The Morgan fingerprint density at radius 1 is 1.39 bits per heavy atom. The van der Waals surface area contributed by atoms with Crippen molar-refractivity contribution in [3.05, 3.63) is 48.0 Å². The zero-order chi connectivity index (χ0) is 16.4. The van der Waals surface area contributed by atoms with E-state index in [1.54, 1.807) is 18.2 Å². The van der Waals surface area contributed by atoms with Crippen LogP contribution < -0.4 is 5.32 Å². The number of aromatic nitrogens is 2. The average molecular weight is 317 g/mol. The van der Waals surface area contributed by atoms with E-state index < -0.39 is 17.7 Å². The summed E-state index contributed by atoms with van der Waals surface area (Å²) in [6.07, 6.45) is 4.52. The number of carbonyl (C=O) groups excluding carboxylic acids is 1. The molecule has 0 unspecified atom stereocenters. The fourth-order valence-corrected chi connectivity index (χ4v) is 2.48. The Kier molecular flexibility index (Phi) is 4.10. The van der Waals surface area contributed by atoms with E-state index in [1.807, 2.05) is 0 Å². The molecule has 23 heavy (non-hydrogen) atoms. The second-order valence-corrected chi connectivity index (χ2v) is 5.64. The van der Waals surface area contributed by atoms with E-state index in [4.69, 9.17) is 5.11 Å². The monoisotopic (exact) mass is 317 g/mol. The topological polar surface area (TPSA) is 84.2 Å². The van der Waals surface area contributed by atoms with Crippen LogP contribution >= 0.6 is 0 Å². The second-order valence-electron chi connectivity index (χ2n) is 5.64. The number of hydrogen-bond acceptors (Lipinski definition) is 3. The summed E-state index contributed by atoms with van der Waals surface area (Å²) in [4.78, 5) is 23.1. The molecule has 2 aromatic rings. The van der Waals surface area contributed by atoms with Crippen LogP contribution in [0.3, 0.4) is 0 Å². The van der Waals surface area contributed by atoms with E-state index >= 15 is 0 Å². The Morgan fingerprint density at radius 2 is 2.13 bits per heavy atom. The Balaban J connectivity index is 1.73. The molecule has 1 heterocycles. The van der Waals surface area contributed by atoms with Gasteiger partial charge in [-0.05, 0) is 30.9 Å². The number of carboxylic acids is 1. The van der Waals surface area contributed by atoms with Gasteiger partial charge >= 0.3 is 5.97 Å². The van der Waals surface area contributed by atoms with Gasteiger partial charge in [0.2, 0.25) is 0 Å². The summed E-state index contributed by atoms with van der Waals surface area (Å²) < 4.78 is 15.0. The summed E-state index contributed by atoms with van der Waals surface area (Å²) in [7, 11) is 0. The van der Waals surface area contributed by atoms with E-state index in [-0.39, 0.29) is 29.6 Å². The van der Waals surface area contributed by atoms with Gasteiger partial charge in [-0.15, -0.1) is 0 Å². The molecule has 7 heteroatoms. The minimum Gasteiger partial charge on any atom is -0.481 e. The maximum absolute atomic E-state index is 13.7. The van der Waals surface area contributed by atoms with Crippen molar-refractivity contribution >= 4 is 11.9 Å². The van der Waals surface area contributed by atoms with Crippen LogP contribution in [0.25, 0.3) is 5.69 Å². The van der Waals surface area contributed by atoms with Crippen molar-refractivity contribution in [1.82, 2.24) is 15.1 Å². The van der Waals surface area contributed by atoms with E-state index in [9.17, 15) is 14.0 Å². The number of aliphatic carboxylic acids is 1. The van der Waals surface area contributed by atoms with Gasteiger partial charge in [0.1, 0.15) is 11.5 Å². The van der Waals surface area contributed by atoms with Crippen molar-refractivity contribution in [1.29, 1.82) is 0 Å². The molecule has 1 atom stereocenters. The normalized spacial score (nSPS) is 15.2. The molecule has 0 radical (unpaired) electrons. The van der Waals surface area contributed by atoms with Crippen molar-refractivity contribution in [3.63, 3.8) is 0 Å².